The number of aryl methyl sites for hydroxylation is 1. The number of nitrogens with one attached hydrogen (secondary N) is 1. The number of fused-ring (bicyclic) bond motifs is 1. The molecule has 3 heterocycles. The van der Waals surface area contributed by atoms with Crippen LogP contribution in [0, 0.1) is 0 Å². The Morgan fingerprint density at radius 1 is 1.16 bits per heavy atom. The molecule has 0 atom stereocenters. The van der Waals surface area contributed by atoms with Gasteiger partial charge in [0.05, 0.1) is 16.9 Å². The number of nitrogens with zero attached hydrogens (tertiary/aromatic N) is 3. The molecule has 0 aliphatic carbocycles. The van der Waals surface area contributed by atoms with Crippen molar-refractivity contribution in [3.05, 3.63) is 82.4 Å². The number of amides is 1. The van der Waals surface area contributed by atoms with Crippen LogP contribution in [0.1, 0.15) is 12.3 Å². The highest BCUT2D eigenvalue weighted by Gasteiger charge is 2.12. The van der Waals surface area contributed by atoms with Crippen LogP contribution in [0.2, 0.25) is 10.0 Å². The van der Waals surface area contributed by atoms with E-state index in [1.54, 1.807) is 35.7 Å². The maximum absolute atomic E-state index is 12.4. The van der Waals surface area contributed by atoms with Crippen LogP contribution >= 0.6 is 34.5 Å². The van der Waals surface area contributed by atoms with E-state index in [0.717, 1.165) is 21.9 Å². The largest absolute Gasteiger partial charge is 0.441 e. The Hall–Kier alpha value is -3.13. The molecule has 0 aliphatic rings. The summed E-state index contributed by atoms with van der Waals surface area (Å²) in [6.45, 7) is 0. The van der Waals surface area contributed by atoms with E-state index in [1.165, 1.54) is 0 Å². The number of hydrogen-bond donors (Lipinski definition) is 1. The Labute approximate surface area is 197 Å². The molecular weight excluding hydrogens is 467 g/mol. The molecule has 0 spiro atoms. The molecule has 160 valence electrons. The van der Waals surface area contributed by atoms with E-state index < -0.39 is 0 Å². The Morgan fingerprint density at radius 2 is 2.00 bits per heavy atom. The van der Waals surface area contributed by atoms with Crippen molar-refractivity contribution in [2.75, 3.05) is 5.32 Å². The second kappa shape index (κ2) is 8.78. The van der Waals surface area contributed by atoms with Gasteiger partial charge in [0.25, 0.3) is 0 Å². The fourth-order valence-corrected chi connectivity index (χ4v) is 4.48. The summed E-state index contributed by atoms with van der Waals surface area (Å²) in [7, 11) is 0. The second-order valence-electron chi connectivity index (χ2n) is 7.09. The lowest BCUT2D eigenvalue weighted by atomic mass is 10.1. The van der Waals surface area contributed by atoms with Crippen LogP contribution in [-0.2, 0) is 11.2 Å². The highest BCUT2D eigenvalue weighted by Crippen LogP contribution is 2.31. The molecule has 1 N–H and O–H groups in total. The molecule has 0 aliphatic heterocycles. The number of imidazole rings is 1. The lowest BCUT2D eigenvalue weighted by Crippen LogP contribution is -2.12. The molecule has 0 fully saturated rings. The molecule has 0 radical (unpaired) electrons. The zero-order chi connectivity index (χ0) is 22.1. The molecule has 0 bridgehead atoms. The van der Waals surface area contributed by atoms with Gasteiger partial charge in [-0.2, -0.15) is 0 Å². The first-order chi connectivity index (χ1) is 15.5. The summed E-state index contributed by atoms with van der Waals surface area (Å²) in [6, 6.07) is 12.8. The van der Waals surface area contributed by atoms with E-state index in [0.29, 0.717) is 33.7 Å². The SMILES string of the molecule is O=C(CCc1ncc(-c2ccc(Cl)cc2Cl)o1)Nc1ccc(-c2cn3ccsc3n2)cc1. The van der Waals surface area contributed by atoms with Crippen LogP contribution in [0.25, 0.3) is 27.5 Å². The number of halogens is 2. The first-order valence-electron chi connectivity index (χ1n) is 9.78. The molecule has 32 heavy (non-hydrogen) atoms. The van der Waals surface area contributed by atoms with E-state index in [2.05, 4.69) is 15.3 Å². The van der Waals surface area contributed by atoms with Gasteiger partial charge in [-0.05, 0) is 30.3 Å². The van der Waals surface area contributed by atoms with E-state index >= 15 is 0 Å². The first kappa shape index (κ1) is 20.8. The van der Waals surface area contributed by atoms with Crippen LogP contribution in [0.4, 0.5) is 5.69 Å². The Balaban J connectivity index is 1.18. The normalized spacial score (nSPS) is 11.2. The monoisotopic (exact) mass is 482 g/mol. The minimum absolute atomic E-state index is 0.121. The van der Waals surface area contributed by atoms with Gasteiger partial charge in [0.1, 0.15) is 0 Å². The van der Waals surface area contributed by atoms with Crippen LogP contribution in [0.5, 0.6) is 0 Å². The summed E-state index contributed by atoms with van der Waals surface area (Å²) in [5.74, 6) is 0.887. The number of carbonyl (C=O) groups excluding carboxylic acids is 1. The molecule has 5 rings (SSSR count). The predicted octanol–water partition coefficient (Wildman–Crippen LogP) is 6.60. The lowest BCUT2D eigenvalue weighted by Gasteiger charge is -2.05. The summed E-state index contributed by atoms with van der Waals surface area (Å²) in [5.41, 5.74) is 3.32. The fraction of sp³-hybridized carbons (Fsp3) is 0.0870. The van der Waals surface area contributed by atoms with Gasteiger partial charge in [0.2, 0.25) is 5.91 Å². The summed E-state index contributed by atoms with van der Waals surface area (Å²) in [6.07, 6.45) is 6.18. The highest BCUT2D eigenvalue weighted by atomic mass is 35.5. The Kier molecular flexibility index (Phi) is 5.70. The zero-order valence-electron chi connectivity index (χ0n) is 16.6. The molecule has 5 aromatic rings. The zero-order valence-corrected chi connectivity index (χ0v) is 18.9. The fourth-order valence-electron chi connectivity index (χ4n) is 3.27. The second-order valence-corrected chi connectivity index (χ2v) is 8.80. The molecule has 0 saturated heterocycles. The third-order valence-electron chi connectivity index (χ3n) is 4.87. The highest BCUT2D eigenvalue weighted by molar-refractivity contribution is 7.15. The number of anilines is 1. The molecule has 0 unspecified atom stereocenters. The van der Waals surface area contributed by atoms with Gasteiger partial charge in [-0.15, -0.1) is 11.3 Å². The summed E-state index contributed by atoms with van der Waals surface area (Å²) < 4.78 is 7.74. The summed E-state index contributed by atoms with van der Waals surface area (Å²) >= 11 is 13.7. The Morgan fingerprint density at radius 3 is 2.78 bits per heavy atom. The van der Waals surface area contributed by atoms with Gasteiger partial charge in [-0.1, -0.05) is 35.3 Å². The van der Waals surface area contributed by atoms with Gasteiger partial charge in [0, 0.05) is 52.5 Å². The number of benzene rings is 2. The van der Waals surface area contributed by atoms with E-state index in [1.807, 2.05) is 46.4 Å². The van der Waals surface area contributed by atoms with Crippen molar-refractivity contribution in [3.8, 4) is 22.6 Å². The topological polar surface area (TPSA) is 72.4 Å². The first-order valence-corrected chi connectivity index (χ1v) is 11.4. The third kappa shape index (κ3) is 4.41. The van der Waals surface area contributed by atoms with Crippen molar-refractivity contribution in [1.82, 2.24) is 14.4 Å². The van der Waals surface area contributed by atoms with Crippen LogP contribution < -0.4 is 5.32 Å². The summed E-state index contributed by atoms with van der Waals surface area (Å²) in [5, 5.41) is 5.93. The maximum Gasteiger partial charge on any atom is 0.224 e. The van der Waals surface area contributed by atoms with Crippen LogP contribution in [-0.4, -0.2) is 20.3 Å². The van der Waals surface area contributed by atoms with Crippen molar-refractivity contribution in [1.29, 1.82) is 0 Å². The average molecular weight is 483 g/mol. The molecule has 0 saturated carbocycles. The van der Waals surface area contributed by atoms with E-state index in [-0.39, 0.29) is 12.3 Å². The Bertz CT molecular complexity index is 1380. The summed E-state index contributed by atoms with van der Waals surface area (Å²) in [4.78, 5) is 22.2. The van der Waals surface area contributed by atoms with Crippen molar-refractivity contribution in [3.63, 3.8) is 0 Å². The van der Waals surface area contributed by atoms with Gasteiger partial charge in [0.15, 0.2) is 16.6 Å². The van der Waals surface area contributed by atoms with Crippen LogP contribution in [0.15, 0.2) is 70.9 Å². The molecule has 1 amide bonds. The smallest absolute Gasteiger partial charge is 0.224 e. The molecule has 3 aromatic heterocycles. The maximum atomic E-state index is 12.4. The molecule has 6 nitrogen and oxygen atoms in total. The number of rotatable bonds is 6. The number of hydrogen-bond acceptors (Lipinski definition) is 5. The predicted molar refractivity (Wildman–Crippen MR) is 127 cm³/mol. The molecular formula is C23H16Cl2N4O2S. The van der Waals surface area contributed by atoms with Crippen molar-refractivity contribution < 1.29 is 9.21 Å². The van der Waals surface area contributed by atoms with Crippen LogP contribution in [0.3, 0.4) is 0 Å². The van der Waals surface area contributed by atoms with Gasteiger partial charge < -0.3 is 9.73 Å². The average Bonchev–Trinajstić information content (AvgIpc) is 3.49. The molecule has 2 aromatic carbocycles. The number of carbonyl (C=O) groups is 1. The third-order valence-corrected chi connectivity index (χ3v) is 6.19. The number of aromatic nitrogens is 3. The van der Waals surface area contributed by atoms with Crippen molar-refractivity contribution >= 4 is 51.1 Å². The van der Waals surface area contributed by atoms with Gasteiger partial charge in [-0.25, -0.2) is 9.97 Å². The number of oxazole rings is 1. The standard InChI is InChI=1S/C23H16Cl2N4O2S/c24-15-3-6-17(18(25)11-15)20-12-26-22(31-20)8-7-21(30)27-16-4-1-14(2-5-16)19-13-29-9-10-32-23(29)28-19/h1-6,9-13H,7-8H2,(H,27,30). The van der Waals surface area contributed by atoms with E-state index in [4.69, 9.17) is 27.6 Å². The number of thiazole rings is 1. The quantitative estimate of drug-likeness (QED) is 0.296. The van der Waals surface area contributed by atoms with Gasteiger partial charge in [-0.3, -0.25) is 9.20 Å². The van der Waals surface area contributed by atoms with E-state index in [9.17, 15) is 4.79 Å². The minimum atomic E-state index is -0.121. The minimum Gasteiger partial charge on any atom is -0.441 e. The molecule has 9 heteroatoms. The van der Waals surface area contributed by atoms with Crippen molar-refractivity contribution in [2.24, 2.45) is 0 Å². The van der Waals surface area contributed by atoms with Gasteiger partial charge >= 0.3 is 0 Å². The lowest BCUT2D eigenvalue weighted by molar-refractivity contribution is -0.116. The van der Waals surface area contributed by atoms with Crippen molar-refractivity contribution in [2.45, 2.75) is 12.8 Å².